The van der Waals surface area contributed by atoms with Crippen molar-refractivity contribution in [3.63, 3.8) is 0 Å². The Kier molecular flexibility index (Phi) is 3.85. The van der Waals surface area contributed by atoms with Gasteiger partial charge in [0.2, 0.25) is 16.0 Å². The summed E-state index contributed by atoms with van der Waals surface area (Å²) in [6.45, 7) is 3.23. The second-order valence-corrected chi connectivity index (χ2v) is 7.85. The van der Waals surface area contributed by atoms with Crippen LogP contribution in [0.25, 0.3) is 0 Å². The first-order valence-electron chi connectivity index (χ1n) is 7.18. The van der Waals surface area contributed by atoms with Crippen LogP contribution in [0.5, 0.6) is 0 Å². The third-order valence-electron chi connectivity index (χ3n) is 4.15. The standard InChI is InChI=1S/C13H20N4O3S/c1-2-21(18,19)17-7-4-13(10-17)8-11(9-20-13)16-12-14-5-3-6-15-12/h3,5-6,11H,2,4,7-10H2,1H3,(H,14,15,16)/t11-,13-/m1/s1. The first-order valence-corrected chi connectivity index (χ1v) is 8.79. The molecule has 1 spiro atoms. The zero-order valence-corrected chi connectivity index (χ0v) is 12.8. The fourth-order valence-corrected chi connectivity index (χ4v) is 4.17. The van der Waals surface area contributed by atoms with E-state index in [0.29, 0.717) is 25.6 Å². The summed E-state index contributed by atoms with van der Waals surface area (Å²) >= 11 is 0. The fraction of sp³-hybridized carbons (Fsp3) is 0.692. The van der Waals surface area contributed by atoms with Gasteiger partial charge in [-0.3, -0.25) is 0 Å². The molecule has 0 unspecified atom stereocenters. The summed E-state index contributed by atoms with van der Waals surface area (Å²) in [7, 11) is -3.13. The van der Waals surface area contributed by atoms with Gasteiger partial charge in [-0.25, -0.2) is 18.4 Å². The zero-order chi connectivity index (χ0) is 14.9. The van der Waals surface area contributed by atoms with Gasteiger partial charge in [-0.1, -0.05) is 0 Å². The van der Waals surface area contributed by atoms with Gasteiger partial charge in [-0.05, 0) is 19.4 Å². The number of sulfonamides is 1. The number of rotatable bonds is 4. The largest absolute Gasteiger partial charge is 0.371 e. The number of hydrogen-bond donors (Lipinski definition) is 1. The average molecular weight is 312 g/mol. The zero-order valence-electron chi connectivity index (χ0n) is 12.0. The van der Waals surface area contributed by atoms with E-state index in [1.807, 2.05) is 0 Å². The molecule has 8 heteroatoms. The van der Waals surface area contributed by atoms with E-state index in [0.717, 1.165) is 12.8 Å². The fourth-order valence-electron chi connectivity index (χ4n) is 3.01. The number of nitrogens with one attached hydrogen (secondary N) is 1. The third-order valence-corrected chi connectivity index (χ3v) is 5.98. The van der Waals surface area contributed by atoms with Gasteiger partial charge in [0.1, 0.15) is 0 Å². The lowest BCUT2D eigenvalue weighted by atomic mass is 9.97. The molecule has 2 fully saturated rings. The molecular weight excluding hydrogens is 292 g/mol. The van der Waals surface area contributed by atoms with Crippen molar-refractivity contribution in [1.29, 1.82) is 0 Å². The Hall–Kier alpha value is -1.25. The lowest BCUT2D eigenvalue weighted by Gasteiger charge is -2.23. The van der Waals surface area contributed by atoms with Gasteiger partial charge in [-0.2, -0.15) is 4.31 Å². The van der Waals surface area contributed by atoms with Gasteiger partial charge >= 0.3 is 0 Å². The Morgan fingerprint density at radius 3 is 2.95 bits per heavy atom. The van der Waals surface area contributed by atoms with Gasteiger partial charge in [0.25, 0.3) is 0 Å². The Morgan fingerprint density at radius 1 is 1.48 bits per heavy atom. The molecule has 0 aliphatic carbocycles. The van der Waals surface area contributed by atoms with Crippen molar-refractivity contribution < 1.29 is 13.2 Å². The molecule has 2 aliphatic rings. The molecule has 21 heavy (non-hydrogen) atoms. The van der Waals surface area contributed by atoms with Gasteiger partial charge in [0.05, 0.1) is 24.0 Å². The van der Waals surface area contributed by atoms with Crippen LogP contribution in [0.2, 0.25) is 0 Å². The molecule has 0 aromatic carbocycles. The normalized spacial score (nSPS) is 30.0. The molecule has 2 aliphatic heterocycles. The summed E-state index contributed by atoms with van der Waals surface area (Å²) in [6, 6.07) is 1.89. The van der Waals surface area contributed by atoms with Crippen LogP contribution in [-0.4, -0.2) is 59.8 Å². The lowest BCUT2D eigenvalue weighted by Crippen LogP contribution is -2.37. The van der Waals surface area contributed by atoms with Crippen LogP contribution in [0.4, 0.5) is 5.95 Å². The van der Waals surface area contributed by atoms with Crippen LogP contribution < -0.4 is 5.32 Å². The maximum atomic E-state index is 11.9. The Bertz CT molecular complexity index is 595. The minimum atomic E-state index is -3.13. The molecule has 0 bridgehead atoms. The Morgan fingerprint density at radius 2 is 2.24 bits per heavy atom. The monoisotopic (exact) mass is 312 g/mol. The highest BCUT2D eigenvalue weighted by Gasteiger charge is 2.48. The molecule has 0 amide bonds. The van der Waals surface area contributed by atoms with Gasteiger partial charge in [-0.15, -0.1) is 0 Å². The summed E-state index contributed by atoms with van der Waals surface area (Å²) in [5.41, 5.74) is -0.352. The van der Waals surface area contributed by atoms with E-state index in [2.05, 4.69) is 15.3 Å². The highest BCUT2D eigenvalue weighted by Crippen LogP contribution is 2.36. The molecular formula is C13H20N4O3S. The Balaban J connectivity index is 1.62. The molecule has 0 radical (unpaired) electrons. The number of anilines is 1. The molecule has 116 valence electrons. The van der Waals surface area contributed by atoms with E-state index in [9.17, 15) is 8.42 Å². The van der Waals surface area contributed by atoms with Crippen molar-refractivity contribution in [2.24, 2.45) is 0 Å². The average Bonchev–Trinajstić information content (AvgIpc) is 3.08. The van der Waals surface area contributed by atoms with Crippen molar-refractivity contribution >= 4 is 16.0 Å². The predicted octanol–water partition coefficient (Wildman–Crippen LogP) is 0.472. The molecule has 1 N–H and O–H groups in total. The second-order valence-electron chi connectivity index (χ2n) is 5.60. The van der Waals surface area contributed by atoms with E-state index in [4.69, 9.17) is 4.74 Å². The highest BCUT2D eigenvalue weighted by molar-refractivity contribution is 7.89. The van der Waals surface area contributed by atoms with Gasteiger partial charge < -0.3 is 10.1 Å². The van der Waals surface area contributed by atoms with E-state index in [1.54, 1.807) is 29.7 Å². The number of ether oxygens (including phenoxy) is 1. The van der Waals surface area contributed by atoms with Crippen molar-refractivity contribution in [3.8, 4) is 0 Å². The summed E-state index contributed by atoms with van der Waals surface area (Å²) in [5.74, 6) is 0.724. The minimum absolute atomic E-state index is 0.122. The van der Waals surface area contributed by atoms with Gasteiger partial charge in [0, 0.05) is 31.9 Å². The minimum Gasteiger partial charge on any atom is -0.371 e. The molecule has 1 aromatic rings. The summed E-state index contributed by atoms with van der Waals surface area (Å²) in [4.78, 5) is 8.28. The summed E-state index contributed by atoms with van der Waals surface area (Å²) in [6.07, 6.45) is 4.90. The maximum absolute atomic E-state index is 11.9. The van der Waals surface area contributed by atoms with Crippen molar-refractivity contribution in [2.45, 2.75) is 31.4 Å². The van der Waals surface area contributed by atoms with Crippen molar-refractivity contribution in [3.05, 3.63) is 18.5 Å². The predicted molar refractivity (Wildman–Crippen MR) is 78.4 cm³/mol. The topological polar surface area (TPSA) is 84.4 Å². The van der Waals surface area contributed by atoms with Crippen LogP contribution in [-0.2, 0) is 14.8 Å². The molecule has 1 aromatic heterocycles. The van der Waals surface area contributed by atoms with E-state index in [-0.39, 0.29) is 17.4 Å². The van der Waals surface area contributed by atoms with E-state index >= 15 is 0 Å². The van der Waals surface area contributed by atoms with E-state index in [1.165, 1.54) is 0 Å². The molecule has 7 nitrogen and oxygen atoms in total. The highest BCUT2D eigenvalue weighted by atomic mass is 32.2. The van der Waals surface area contributed by atoms with Crippen molar-refractivity contribution in [1.82, 2.24) is 14.3 Å². The van der Waals surface area contributed by atoms with Gasteiger partial charge in [0.15, 0.2) is 0 Å². The second kappa shape index (κ2) is 5.51. The number of hydrogen-bond acceptors (Lipinski definition) is 6. The van der Waals surface area contributed by atoms with Crippen LogP contribution in [0.15, 0.2) is 18.5 Å². The quantitative estimate of drug-likeness (QED) is 0.870. The maximum Gasteiger partial charge on any atom is 0.222 e. The smallest absolute Gasteiger partial charge is 0.222 e. The van der Waals surface area contributed by atoms with E-state index < -0.39 is 10.0 Å². The Labute approximate surface area is 124 Å². The molecule has 2 atom stereocenters. The van der Waals surface area contributed by atoms with Crippen LogP contribution in [0, 0.1) is 0 Å². The third kappa shape index (κ3) is 3.02. The molecule has 0 saturated carbocycles. The molecule has 2 saturated heterocycles. The first kappa shape index (κ1) is 14.7. The first-order chi connectivity index (χ1) is 10.0. The lowest BCUT2D eigenvalue weighted by molar-refractivity contribution is 0.0173. The SMILES string of the molecule is CCS(=O)(=O)N1CC[C@@]2(C[C@@H](Nc3ncccn3)CO2)C1. The van der Waals surface area contributed by atoms with Crippen LogP contribution in [0.3, 0.4) is 0 Å². The molecule has 3 rings (SSSR count). The number of aromatic nitrogens is 2. The number of nitrogens with zero attached hydrogens (tertiary/aromatic N) is 3. The van der Waals surface area contributed by atoms with Crippen LogP contribution in [0.1, 0.15) is 19.8 Å². The van der Waals surface area contributed by atoms with Crippen molar-refractivity contribution in [2.75, 3.05) is 30.8 Å². The molecule has 3 heterocycles. The summed E-state index contributed by atoms with van der Waals surface area (Å²) in [5, 5.41) is 3.24. The summed E-state index contributed by atoms with van der Waals surface area (Å²) < 4.78 is 31.4. The van der Waals surface area contributed by atoms with Crippen LogP contribution >= 0.6 is 0 Å².